The number of fused-ring (bicyclic) bond motifs is 1. The lowest BCUT2D eigenvalue weighted by molar-refractivity contribution is 0.273. The maximum Gasteiger partial charge on any atom is 0.225 e. The van der Waals surface area contributed by atoms with E-state index in [2.05, 4.69) is 47.7 Å². The Morgan fingerprint density at radius 3 is 2.36 bits per heavy atom. The zero-order valence-electron chi connectivity index (χ0n) is 16.1. The Morgan fingerprint density at radius 2 is 1.68 bits per heavy atom. The summed E-state index contributed by atoms with van der Waals surface area (Å²) in [4.78, 5) is 4.87. The maximum absolute atomic E-state index is 9.93. The Hall–Kier alpha value is -3.18. The van der Waals surface area contributed by atoms with Crippen molar-refractivity contribution in [1.82, 2.24) is 14.6 Å². The summed E-state index contributed by atoms with van der Waals surface area (Å²) in [5, 5.41) is 18.0. The molecule has 142 valence electrons. The Bertz CT molecular complexity index is 1070. The van der Waals surface area contributed by atoms with Gasteiger partial charge in [0.15, 0.2) is 0 Å². The average molecular weight is 372 g/mol. The fourth-order valence-electron chi connectivity index (χ4n) is 3.57. The summed E-state index contributed by atoms with van der Waals surface area (Å²) in [6.45, 7) is 4.07. The van der Waals surface area contributed by atoms with Crippen LogP contribution in [0.1, 0.15) is 16.8 Å². The standard InChI is InChI=1S/C23H24N4O/c1-16-13-17(2)26-27-22(16)21(19-11-7-4-8-12-19)25-23(27)24-20(15-28)14-18-9-5-3-6-10-18/h3-13,20,28H,14-15H2,1-2H3,(H,24,25). The molecule has 4 rings (SSSR count). The van der Waals surface area contributed by atoms with E-state index in [1.807, 2.05) is 47.8 Å². The molecular weight excluding hydrogens is 348 g/mol. The van der Waals surface area contributed by atoms with E-state index in [0.29, 0.717) is 12.4 Å². The average Bonchev–Trinajstić information content (AvgIpc) is 3.07. The Labute approximate surface area is 164 Å². The van der Waals surface area contributed by atoms with Gasteiger partial charge < -0.3 is 10.4 Å². The molecule has 2 aromatic heterocycles. The molecule has 0 fully saturated rings. The molecule has 1 atom stereocenters. The number of hydrogen-bond acceptors (Lipinski definition) is 4. The topological polar surface area (TPSA) is 62.5 Å². The van der Waals surface area contributed by atoms with Crippen LogP contribution in [0.2, 0.25) is 0 Å². The van der Waals surface area contributed by atoms with Crippen molar-refractivity contribution in [3.05, 3.63) is 83.6 Å². The molecule has 5 heteroatoms. The van der Waals surface area contributed by atoms with E-state index in [1.165, 1.54) is 5.56 Å². The third kappa shape index (κ3) is 3.62. The van der Waals surface area contributed by atoms with Gasteiger partial charge in [-0.05, 0) is 37.5 Å². The summed E-state index contributed by atoms with van der Waals surface area (Å²) in [6, 6.07) is 22.2. The summed E-state index contributed by atoms with van der Waals surface area (Å²) < 4.78 is 1.86. The smallest absolute Gasteiger partial charge is 0.225 e. The molecule has 2 heterocycles. The highest BCUT2D eigenvalue weighted by Crippen LogP contribution is 2.29. The molecule has 0 bridgehead atoms. The van der Waals surface area contributed by atoms with E-state index in [4.69, 9.17) is 4.98 Å². The maximum atomic E-state index is 9.93. The molecule has 0 radical (unpaired) electrons. The van der Waals surface area contributed by atoms with Crippen LogP contribution < -0.4 is 5.32 Å². The molecule has 4 aromatic rings. The molecule has 2 N–H and O–H groups in total. The molecule has 0 saturated carbocycles. The lowest BCUT2D eigenvalue weighted by atomic mass is 10.1. The van der Waals surface area contributed by atoms with Gasteiger partial charge in [-0.1, -0.05) is 60.7 Å². The number of nitrogens with zero attached hydrogens (tertiary/aromatic N) is 3. The minimum atomic E-state index is -0.153. The fourth-order valence-corrected chi connectivity index (χ4v) is 3.57. The Kier molecular flexibility index (Phi) is 5.08. The van der Waals surface area contributed by atoms with Gasteiger partial charge in [0, 0.05) is 5.56 Å². The van der Waals surface area contributed by atoms with Crippen LogP contribution in [0.25, 0.3) is 16.8 Å². The summed E-state index contributed by atoms with van der Waals surface area (Å²) >= 11 is 0. The van der Waals surface area contributed by atoms with Gasteiger partial charge in [-0.2, -0.15) is 9.61 Å². The SMILES string of the molecule is Cc1cc(C)c2c(-c3ccccc3)nc(NC(CO)Cc3ccccc3)n2n1. The molecule has 0 saturated heterocycles. The van der Waals surface area contributed by atoms with Gasteiger partial charge in [0.25, 0.3) is 0 Å². The summed E-state index contributed by atoms with van der Waals surface area (Å²) in [5.74, 6) is 0.649. The highest BCUT2D eigenvalue weighted by atomic mass is 16.3. The van der Waals surface area contributed by atoms with E-state index < -0.39 is 0 Å². The molecule has 1 unspecified atom stereocenters. The van der Waals surface area contributed by atoms with Crippen LogP contribution in [0.15, 0.2) is 66.7 Å². The molecule has 0 aliphatic carbocycles. The van der Waals surface area contributed by atoms with Crippen LogP contribution in [-0.4, -0.2) is 32.4 Å². The number of hydrogen-bond donors (Lipinski definition) is 2. The number of nitrogens with one attached hydrogen (secondary N) is 1. The second kappa shape index (κ2) is 7.82. The summed E-state index contributed by atoms with van der Waals surface area (Å²) in [7, 11) is 0. The molecular formula is C23H24N4O. The van der Waals surface area contributed by atoms with E-state index >= 15 is 0 Å². The van der Waals surface area contributed by atoms with Crippen LogP contribution in [0, 0.1) is 13.8 Å². The van der Waals surface area contributed by atoms with Crippen molar-refractivity contribution in [2.75, 3.05) is 11.9 Å². The van der Waals surface area contributed by atoms with Crippen molar-refractivity contribution in [2.45, 2.75) is 26.3 Å². The number of aliphatic hydroxyl groups excluding tert-OH is 1. The van der Waals surface area contributed by atoms with Crippen LogP contribution in [0.5, 0.6) is 0 Å². The minimum Gasteiger partial charge on any atom is -0.394 e. The van der Waals surface area contributed by atoms with Gasteiger partial charge in [0.05, 0.1) is 23.9 Å². The number of imidazole rings is 1. The number of anilines is 1. The van der Waals surface area contributed by atoms with E-state index in [-0.39, 0.29) is 12.6 Å². The molecule has 5 nitrogen and oxygen atoms in total. The molecule has 0 aliphatic heterocycles. The highest BCUT2D eigenvalue weighted by Gasteiger charge is 2.19. The first-order chi connectivity index (χ1) is 13.7. The van der Waals surface area contributed by atoms with Crippen molar-refractivity contribution in [3.8, 4) is 11.3 Å². The predicted octanol–water partition coefficient (Wildman–Crippen LogP) is 4.03. The van der Waals surface area contributed by atoms with E-state index in [1.54, 1.807) is 0 Å². The first-order valence-corrected chi connectivity index (χ1v) is 9.49. The third-order valence-electron chi connectivity index (χ3n) is 4.84. The highest BCUT2D eigenvalue weighted by molar-refractivity contribution is 5.82. The van der Waals surface area contributed by atoms with Crippen molar-refractivity contribution in [3.63, 3.8) is 0 Å². The zero-order valence-corrected chi connectivity index (χ0v) is 16.1. The minimum absolute atomic E-state index is 0.00920. The van der Waals surface area contributed by atoms with Crippen molar-refractivity contribution >= 4 is 11.5 Å². The van der Waals surface area contributed by atoms with Crippen LogP contribution in [-0.2, 0) is 6.42 Å². The van der Waals surface area contributed by atoms with Gasteiger partial charge >= 0.3 is 0 Å². The lowest BCUT2D eigenvalue weighted by Crippen LogP contribution is -2.27. The van der Waals surface area contributed by atoms with Crippen molar-refractivity contribution < 1.29 is 5.11 Å². The van der Waals surface area contributed by atoms with E-state index in [9.17, 15) is 5.11 Å². The number of benzene rings is 2. The number of rotatable bonds is 6. The largest absolute Gasteiger partial charge is 0.394 e. The number of aryl methyl sites for hydroxylation is 2. The Morgan fingerprint density at radius 1 is 1.00 bits per heavy atom. The fraction of sp³-hybridized carbons (Fsp3) is 0.217. The lowest BCUT2D eigenvalue weighted by Gasteiger charge is -2.16. The molecule has 28 heavy (non-hydrogen) atoms. The van der Waals surface area contributed by atoms with Crippen LogP contribution in [0.4, 0.5) is 5.95 Å². The third-order valence-corrected chi connectivity index (χ3v) is 4.84. The second-order valence-corrected chi connectivity index (χ2v) is 7.09. The molecule has 0 amide bonds. The van der Waals surface area contributed by atoms with Crippen molar-refractivity contribution in [1.29, 1.82) is 0 Å². The van der Waals surface area contributed by atoms with Crippen molar-refractivity contribution in [2.24, 2.45) is 0 Å². The number of aliphatic hydroxyl groups is 1. The van der Waals surface area contributed by atoms with Gasteiger partial charge in [0.1, 0.15) is 5.69 Å². The van der Waals surface area contributed by atoms with Gasteiger partial charge in [-0.15, -0.1) is 0 Å². The van der Waals surface area contributed by atoms with Gasteiger partial charge in [-0.3, -0.25) is 0 Å². The summed E-state index contributed by atoms with van der Waals surface area (Å²) in [6.07, 6.45) is 0.706. The normalized spacial score (nSPS) is 12.2. The molecule has 0 spiro atoms. The molecule has 2 aromatic carbocycles. The summed E-state index contributed by atoms with van der Waals surface area (Å²) in [5.41, 5.74) is 6.13. The quantitative estimate of drug-likeness (QED) is 0.536. The van der Waals surface area contributed by atoms with Crippen LogP contribution in [0.3, 0.4) is 0 Å². The first kappa shape index (κ1) is 18.2. The van der Waals surface area contributed by atoms with Gasteiger partial charge in [-0.25, -0.2) is 4.98 Å². The van der Waals surface area contributed by atoms with E-state index in [0.717, 1.165) is 28.0 Å². The first-order valence-electron chi connectivity index (χ1n) is 9.49. The predicted molar refractivity (Wildman–Crippen MR) is 113 cm³/mol. The monoisotopic (exact) mass is 372 g/mol. The molecule has 0 aliphatic rings. The number of aromatic nitrogens is 3. The second-order valence-electron chi connectivity index (χ2n) is 7.09. The van der Waals surface area contributed by atoms with Gasteiger partial charge in [0.2, 0.25) is 5.95 Å². The zero-order chi connectivity index (χ0) is 19.5. The Balaban J connectivity index is 1.76. The van der Waals surface area contributed by atoms with Crippen LogP contribution >= 0.6 is 0 Å².